The van der Waals surface area contributed by atoms with Crippen LogP contribution in [0.3, 0.4) is 0 Å². The maximum atomic E-state index is 12.7. The Hall–Kier alpha value is -2.50. The van der Waals surface area contributed by atoms with Gasteiger partial charge in [-0.25, -0.2) is 0 Å². The highest BCUT2D eigenvalue weighted by Crippen LogP contribution is 2.31. The molecule has 1 aromatic carbocycles. The van der Waals surface area contributed by atoms with Crippen LogP contribution in [-0.2, 0) is 47.6 Å². The van der Waals surface area contributed by atoms with Gasteiger partial charge < -0.3 is 18.9 Å². The Labute approximate surface area is 168 Å². The molecule has 29 heavy (non-hydrogen) atoms. The highest BCUT2D eigenvalue weighted by molar-refractivity contribution is 7.86. The second-order valence-electron chi connectivity index (χ2n) is 6.36. The zero-order valence-corrected chi connectivity index (χ0v) is 17.1. The lowest BCUT2D eigenvalue weighted by atomic mass is 10.1. The molecule has 0 N–H and O–H groups in total. The number of carbonyl (C=O) groups excluding carboxylic acids is 3. The molecule has 4 atom stereocenters. The van der Waals surface area contributed by atoms with Crippen molar-refractivity contribution in [1.29, 1.82) is 0 Å². The van der Waals surface area contributed by atoms with Gasteiger partial charge in [0.05, 0.1) is 4.90 Å². The molecule has 0 radical (unpaired) electrons. The number of rotatable bonds is 7. The van der Waals surface area contributed by atoms with Gasteiger partial charge in [0.2, 0.25) is 6.29 Å². The lowest BCUT2D eigenvalue weighted by molar-refractivity contribution is -0.197. The first-order valence-electron chi connectivity index (χ1n) is 8.63. The smallest absolute Gasteiger partial charge is 0.305 e. The van der Waals surface area contributed by atoms with E-state index in [1.807, 2.05) is 0 Å². The number of esters is 3. The van der Waals surface area contributed by atoms with Crippen LogP contribution in [0.4, 0.5) is 0 Å². The molecule has 0 amide bonds. The largest absolute Gasteiger partial charge is 0.463 e. The Morgan fingerprint density at radius 3 is 2.03 bits per heavy atom. The fourth-order valence-electron chi connectivity index (χ4n) is 2.62. The lowest BCUT2D eigenvalue weighted by Crippen LogP contribution is -2.42. The van der Waals surface area contributed by atoms with E-state index in [0.29, 0.717) is 0 Å². The van der Waals surface area contributed by atoms with Crippen molar-refractivity contribution in [3.05, 3.63) is 29.8 Å². The van der Waals surface area contributed by atoms with E-state index >= 15 is 0 Å². The van der Waals surface area contributed by atoms with Crippen molar-refractivity contribution in [2.24, 2.45) is 0 Å². The molecule has 0 aliphatic carbocycles. The van der Waals surface area contributed by atoms with Crippen LogP contribution in [0.5, 0.6) is 0 Å². The van der Waals surface area contributed by atoms with Gasteiger partial charge in [-0.1, -0.05) is 17.7 Å². The second-order valence-corrected chi connectivity index (χ2v) is 7.93. The topological polar surface area (TPSA) is 132 Å². The second kappa shape index (κ2) is 9.33. The molecule has 0 bridgehead atoms. The van der Waals surface area contributed by atoms with Crippen LogP contribution in [-0.4, -0.2) is 57.5 Å². The van der Waals surface area contributed by atoms with E-state index in [-0.39, 0.29) is 4.90 Å². The third kappa shape index (κ3) is 6.24. The SMILES string of the molecule is CC(=O)OC[C@@H]1O[C@H](OC(C)=O)[C@@H](OC(C)=O)[C@@H]1OS(=O)(=O)c1ccc(C)cc1. The van der Waals surface area contributed by atoms with Gasteiger partial charge in [0.25, 0.3) is 10.1 Å². The molecule has 1 heterocycles. The number of benzene rings is 1. The zero-order valence-electron chi connectivity index (χ0n) is 16.3. The predicted molar refractivity (Wildman–Crippen MR) is 95.9 cm³/mol. The Morgan fingerprint density at radius 1 is 0.931 bits per heavy atom. The van der Waals surface area contributed by atoms with Crippen LogP contribution in [0.15, 0.2) is 29.2 Å². The summed E-state index contributed by atoms with van der Waals surface area (Å²) in [7, 11) is -4.30. The minimum absolute atomic E-state index is 0.133. The van der Waals surface area contributed by atoms with Gasteiger partial charge in [0.15, 0.2) is 12.2 Å². The van der Waals surface area contributed by atoms with Crippen LogP contribution >= 0.6 is 0 Å². The van der Waals surface area contributed by atoms with Crippen molar-refractivity contribution in [2.45, 2.75) is 57.2 Å². The third-order valence-electron chi connectivity index (χ3n) is 3.85. The highest BCUT2D eigenvalue weighted by atomic mass is 32.2. The van der Waals surface area contributed by atoms with E-state index in [1.165, 1.54) is 12.1 Å². The average molecular weight is 430 g/mol. The lowest BCUT2D eigenvalue weighted by Gasteiger charge is -2.23. The van der Waals surface area contributed by atoms with Gasteiger partial charge in [-0.2, -0.15) is 8.42 Å². The van der Waals surface area contributed by atoms with Crippen molar-refractivity contribution < 1.29 is 45.9 Å². The van der Waals surface area contributed by atoms with Crippen LogP contribution in [0, 0.1) is 6.92 Å². The van der Waals surface area contributed by atoms with Gasteiger partial charge in [0.1, 0.15) is 12.7 Å². The Morgan fingerprint density at radius 2 is 1.52 bits per heavy atom. The van der Waals surface area contributed by atoms with E-state index in [2.05, 4.69) is 0 Å². The van der Waals surface area contributed by atoms with Crippen LogP contribution in [0.25, 0.3) is 0 Å². The quantitative estimate of drug-likeness (QED) is 0.348. The summed E-state index contributed by atoms with van der Waals surface area (Å²) in [4.78, 5) is 33.9. The minimum atomic E-state index is -4.30. The summed E-state index contributed by atoms with van der Waals surface area (Å²) in [5.74, 6) is -2.17. The summed E-state index contributed by atoms with van der Waals surface area (Å²) in [5, 5.41) is 0. The van der Waals surface area contributed by atoms with Gasteiger partial charge in [-0.05, 0) is 19.1 Å². The summed E-state index contributed by atoms with van der Waals surface area (Å²) in [6, 6.07) is 5.88. The highest BCUT2D eigenvalue weighted by Gasteiger charge is 2.52. The van der Waals surface area contributed by atoms with Crippen molar-refractivity contribution in [3.63, 3.8) is 0 Å². The van der Waals surface area contributed by atoms with E-state index in [1.54, 1.807) is 19.1 Å². The summed E-state index contributed by atoms with van der Waals surface area (Å²) < 4.78 is 51.1. The fraction of sp³-hybridized carbons (Fsp3) is 0.500. The summed E-state index contributed by atoms with van der Waals surface area (Å²) >= 11 is 0. The summed E-state index contributed by atoms with van der Waals surface area (Å²) in [6.45, 7) is 4.74. The minimum Gasteiger partial charge on any atom is -0.463 e. The first kappa shape index (κ1) is 22.8. The van der Waals surface area contributed by atoms with Crippen molar-refractivity contribution in [1.82, 2.24) is 0 Å². The standard InChI is InChI=1S/C18H22O10S/c1-10-5-7-14(8-6-10)29(22,23)28-16-15(9-24-11(2)19)27-18(26-13(4)21)17(16)25-12(3)20/h5-8,15-18H,9H2,1-4H3/t15-,16+,17-,18-/m0/s1. The number of aryl methyl sites for hydroxylation is 1. The molecule has 1 fully saturated rings. The molecule has 0 spiro atoms. The van der Waals surface area contributed by atoms with E-state index in [0.717, 1.165) is 26.3 Å². The molecule has 1 saturated heterocycles. The molecular formula is C18H22O10S. The number of ether oxygens (including phenoxy) is 4. The Bertz CT molecular complexity index is 861. The zero-order chi connectivity index (χ0) is 21.8. The van der Waals surface area contributed by atoms with Crippen LogP contribution < -0.4 is 0 Å². The molecule has 10 nitrogen and oxygen atoms in total. The fourth-order valence-corrected chi connectivity index (χ4v) is 3.73. The maximum absolute atomic E-state index is 12.7. The number of hydrogen-bond donors (Lipinski definition) is 0. The molecular weight excluding hydrogens is 408 g/mol. The Balaban J connectivity index is 2.35. The van der Waals surface area contributed by atoms with Crippen molar-refractivity contribution >= 4 is 28.0 Å². The molecule has 1 aliphatic heterocycles. The molecule has 0 aromatic heterocycles. The maximum Gasteiger partial charge on any atom is 0.305 e. The first-order valence-corrected chi connectivity index (χ1v) is 10.0. The summed E-state index contributed by atoms with van der Waals surface area (Å²) in [6.07, 6.45) is -5.42. The van der Waals surface area contributed by atoms with Gasteiger partial charge in [-0.3, -0.25) is 18.6 Å². The van der Waals surface area contributed by atoms with Crippen LogP contribution in [0.2, 0.25) is 0 Å². The molecule has 0 unspecified atom stereocenters. The average Bonchev–Trinajstić information content (AvgIpc) is 2.88. The van der Waals surface area contributed by atoms with Gasteiger partial charge in [-0.15, -0.1) is 0 Å². The van der Waals surface area contributed by atoms with Crippen molar-refractivity contribution in [3.8, 4) is 0 Å². The monoisotopic (exact) mass is 430 g/mol. The summed E-state index contributed by atoms with van der Waals surface area (Å²) in [5.41, 5.74) is 0.841. The van der Waals surface area contributed by atoms with Gasteiger partial charge in [0, 0.05) is 20.8 Å². The third-order valence-corrected chi connectivity index (χ3v) is 5.17. The predicted octanol–water partition coefficient (Wildman–Crippen LogP) is 0.852. The molecule has 0 saturated carbocycles. The Kier molecular flexibility index (Phi) is 7.33. The number of carbonyl (C=O) groups is 3. The molecule has 1 aromatic rings. The normalized spacial score (nSPS) is 24.0. The molecule has 2 rings (SSSR count). The first-order chi connectivity index (χ1) is 13.5. The van der Waals surface area contributed by atoms with E-state index < -0.39 is 59.2 Å². The van der Waals surface area contributed by atoms with Crippen LogP contribution in [0.1, 0.15) is 26.3 Å². The molecule has 11 heteroatoms. The van der Waals surface area contributed by atoms with E-state index in [9.17, 15) is 22.8 Å². The number of hydrogen-bond acceptors (Lipinski definition) is 10. The van der Waals surface area contributed by atoms with Crippen molar-refractivity contribution in [2.75, 3.05) is 6.61 Å². The molecule has 160 valence electrons. The molecule has 1 aliphatic rings. The van der Waals surface area contributed by atoms with E-state index in [4.69, 9.17) is 23.1 Å². The van der Waals surface area contributed by atoms with Gasteiger partial charge >= 0.3 is 17.9 Å².